The number of cyclic esters (lactones) is 1. The largest absolute Gasteiger partial charge is 0.443 e. The normalized spacial score (nSPS) is 28.9. The summed E-state index contributed by atoms with van der Waals surface area (Å²) in [5.41, 5.74) is 5.71. The first-order valence-corrected chi connectivity index (χ1v) is 10.2. The van der Waals surface area contributed by atoms with E-state index in [1.165, 1.54) is 17.0 Å². The third kappa shape index (κ3) is 3.24. The maximum Gasteiger partial charge on any atom is 0.414 e. The second kappa shape index (κ2) is 7.23. The van der Waals surface area contributed by atoms with Crippen LogP contribution in [0.1, 0.15) is 12.8 Å². The Morgan fingerprint density at radius 2 is 1.73 bits per heavy atom. The van der Waals surface area contributed by atoms with Crippen molar-refractivity contribution in [3.63, 3.8) is 0 Å². The average molecular weight is 383 g/mol. The van der Waals surface area contributed by atoms with Gasteiger partial charge in [-0.1, -0.05) is 0 Å². The third-order valence-electron chi connectivity index (χ3n) is 5.61. The summed E-state index contributed by atoms with van der Waals surface area (Å²) in [6.07, 6.45) is 1.14. The highest BCUT2D eigenvalue weighted by Crippen LogP contribution is 2.39. The Morgan fingerprint density at radius 3 is 2.27 bits per heavy atom. The predicted molar refractivity (Wildman–Crippen MR) is 98.8 cm³/mol. The topological polar surface area (TPSA) is 58.8 Å². The van der Waals surface area contributed by atoms with Crippen LogP contribution in [-0.2, 0) is 4.74 Å². The van der Waals surface area contributed by atoms with Gasteiger partial charge in [-0.2, -0.15) is 11.8 Å². The Hall–Kier alpha value is -1.54. The summed E-state index contributed by atoms with van der Waals surface area (Å²) in [4.78, 5) is 15.0. The Morgan fingerprint density at radius 1 is 1.12 bits per heavy atom. The van der Waals surface area contributed by atoms with Crippen molar-refractivity contribution in [2.45, 2.75) is 18.9 Å². The van der Waals surface area contributed by atoms with Gasteiger partial charge in [0.25, 0.3) is 0 Å². The number of carbonyl (C=O) groups excluding carboxylic acids is 1. The molecule has 8 heteroatoms. The number of nitrogens with two attached hydrogens (primary N) is 1. The number of amides is 1. The highest BCUT2D eigenvalue weighted by Gasteiger charge is 2.37. The van der Waals surface area contributed by atoms with E-state index < -0.39 is 23.8 Å². The van der Waals surface area contributed by atoms with Gasteiger partial charge < -0.3 is 15.4 Å². The molecule has 2 unspecified atom stereocenters. The van der Waals surface area contributed by atoms with E-state index in [4.69, 9.17) is 10.5 Å². The van der Waals surface area contributed by atoms with Gasteiger partial charge in [-0.05, 0) is 36.2 Å². The number of hydrogen-bond donors (Lipinski definition) is 1. The second-order valence-electron chi connectivity index (χ2n) is 7.22. The molecule has 0 aliphatic carbocycles. The lowest BCUT2D eigenvalue weighted by Crippen LogP contribution is -2.28. The molecule has 1 amide bonds. The van der Waals surface area contributed by atoms with Crippen LogP contribution in [0.5, 0.6) is 0 Å². The van der Waals surface area contributed by atoms with E-state index in [-0.39, 0.29) is 24.5 Å². The molecule has 3 fully saturated rings. The molecule has 1 aromatic carbocycles. The maximum absolute atomic E-state index is 14.8. The Labute approximate surface area is 155 Å². The van der Waals surface area contributed by atoms with Crippen molar-refractivity contribution in [1.29, 1.82) is 0 Å². The molecule has 0 saturated carbocycles. The number of halogens is 2. The zero-order valence-electron chi connectivity index (χ0n) is 14.5. The van der Waals surface area contributed by atoms with E-state index in [1.807, 2.05) is 16.7 Å². The highest BCUT2D eigenvalue weighted by molar-refractivity contribution is 7.99. The monoisotopic (exact) mass is 383 g/mol. The average Bonchev–Trinajstić information content (AvgIpc) is 3.11. The van der Waals surface area contributed by atoms with Gasteiger partial charge in [0.15, 0.2) is 11.6 Å². The van der Waals surface area contributed by atoms with Gasteiger partial charge in [0.2, 0.25) is 0 Å². The van der Waals surface area contributed by atoms with Crippen LogP contribution in [-0.4, -0.2) is 49.9 Å². The molecule has 5 nitrogen and oxygen atoms in total. The van der Waals surface area contributed by atoms with Crippen LogP contribution in [0.25, 0.3) is 0 Å². The molecule has 1 aromatic rings. The Kier molecular flexibility index (Phi) is 4.96. The third-order valence-corrected chi connectivity index (χ3v) is 6.66. The van der Waals surface area contributed by atoms with Crippen molar-refractivity contribution in [3.8, 4) is 0 Å². The van der Waals surface area contributed by atoms with Crippen molar-refractivity contribution in [2.75, 3.05) is 47.5 Å². The van der Waals surface area contributed by atoms with E-state index >= 15 is 0 Å². The summed E-state index contributed by atoms with van der Waals surface area (Å²) in [6, 6.07) is 2.45. The van der Waals surface area contributed by atoms with Gasteiger partial charge in [-0.25, -0.2) is 13.6 Å². The van der Waals surface area contributed by atoms with Crippen molar-refractivity contribution in [3.05, 3.63) is 23.8 Å². The highest BCUT2D eigenvalue weighted by atomic mass is 32.2. The first-order valence-electron chi connectivity index (χ1n) is 9.06. The van der Waals surface area contributed by atoms with Crippen LogP contribution in [0.4, 0.5) is 25.0 Å². The van der Waals surface area contributed by atoms with Gasteiger partial charge >= 0.3 is 6.09 Å². The van der Waals surface area contributed by atoms with E-state index in [1.54, 1.807) is 0 Å². The smallest absolute Gasteiger partial charge is 0.414 e. The lowest BCUT2D eigenvalue weighted by Gasteiger charge is -2.22. The molecule has 3 saturated heterocycles. The lowest BCUT2D eigenvalue weighted by molar-refractivity contribution is 0.145. The Balaban J connectivity index is 1.56. The molecule has 4 rings (SSSR count). The van der Waals surface area contributed by atoms with E-state index in [0.29, 0.717) is 24.9 Å². The molecule has 0 spiro atoms. The summed E-state index contributed by atoms with van der Waals surface area (Å²) in [5, 5.41) is 0. The van der Waals surface area contributed by atoms with Crippen molar-refractivity contribution >= 4 is 29.2 Å². The molecule has 0 bridgehead atoms. The fourth-order valence-corrected chi connectivity index (χ4v) is 5.35. The molecule has 0 radical (unpaired) electrons. The minimum Gasteiger partial charge on any atom is -0.443 e. The number of thioether (sulfide) groups is 1. The van der Waals surface area contributed by atoms with Crippen LogP contribution < -0.4 is 15.5 Å². The van der Waals surface area contributed by atoms with Crippen molar-refractivity contribution < 1.29 is 18.3 Å². The number of carbonyl (C=O) groups is 1. The molecule has 142 valence electrons. The molecule has 0 aromatic heterocycles. The van der Waals surface area contributed by atoms with E-state index in [2.05, 4.69) is 0 Å². The Bertz CT molecular complexity index is 668. The van der Waals surface area contributed by atoms with Gasteiger partial charge in [-0.3, -0.25) is 4.90 Å². The molecule has 26 heavy (non-hydrogen) atoms. The van der Waals surface area contributed by atoms with E-state index in [0.717, 1.165) is 24.3 Å². The van der Waals surface area contributed by atoms with Crippen LogP contribution >= 0.6 is 11.8 Å². The van der Waals surface area contributed by atoms with E-state index in [9.17, 15) is 13.6 Å². The first kappa shape index (κ1) is 17.9. The standard InChI is InChI=1S/C18H23F2N3O2S/c19-15-5-13(23-10-14(7-21)25-18(23)24)6-16(20)17(15)22-8-11-1-3-26-4-2-12(11)9-22/h5-6,11-12,14H,1-4,7-10,21H2/t11?,12?,14-/m0/s1. The molecular formula is C18H23F2N3O2S. The number of nitrogens with zero attached hydrogens (tertiary/aromatic N) is 2. The second-order valence-corrected chi connectivity index (χ2v) is 8.45. The van der Waals surface area contributed by atoms with Crippen molar-refractivity contribution in [2.24, 2.45) is 17.6 Å². The summed E-state index contributed by atoms with van der Waals surface area (Å²) < 4.78 is 34.7. The number of benzene rings is 1. The summed E-state index contributed by atoms with van der Waals surface area (Å²) in [6.45, 7) is 1.78. The maximum atomic E-state index is 14.8. The van der Waals surface area contributed by atoms with Crippen LogP contribution in [0.2, 0.25) is 0 Å². The number of hydrogen-bond acceptors (Lipinski definition) is 5. The fourth-order valence-electron chi connectivity index (χ4n) is 4.21. The number of fused-ring (bicyclic) bond motifs is 1. The van der Waals surface area contributed by atoms with Crippen LogP contribution in [0.3, 0.4) is 0 Å². The quantitative estimate of drug-likeness (QED) is 0.870. The van der Waals surface area contributed by atoms with Gasteiger partial charge in [0.1, 0.15) is 11.8 Å². The van der Waals surface area contributed by atoms with Crippen LogP contribution in [0.15, 0.2) is 12.1 Å². The predicted octanol–water partition coefficient (Wildman–Crippen LogP) is 2.83. The molecule has 3 atom stereocenters. The van der Waals surface area contributed by atoms with Crippen LogP contribution in [0, 0.1) is 23.5 Å². The lowest BCUT2D eigenvalue weighted by atomic mass is 9.92. The summed E-state index contributed by atoms with van der Waals surface area (Å²) in [7, 11) is 0. The van der Waals surface area contributed by atoms with Gasteiger partial charge in [-0.15, -0.1) is 0 Å². The zero-order chi connectivity index (χ0) is 18.3. The number of rotatable bonds is 3. The molecule has 3 aliphatic rings. The van der Waals surface area contributed by atoms with Crippen molar-refractivity contribution in [1.82, 2.24) is 0 Å². The molecule has 3 heterocycles. The van der Waals surface area contributed by atoms with Gasteiger partial charge in [0.05, 0.1) is 12.2 Å². The summed E-state index contributed by atoms with van der Waals surface area (Å²) >= 11 is 1.97. The SMILES string of the molecule is NC[C@H]1CN(c2cc(F)c(N3CC4CCSCCC4C3)c(F)c2)C(=O)O1. The van der Waals surface area contributed by atoms with Gasteiger partial charge in [0, 0.05) is 31.8 Å². The zero-order valence-corrected chi connectivity index (χ0v) is 15.3. The fraction of sp³-hybridized carbons (Fsp3) is 0.611. The minimum absolute atomic E-state index is 0.0254. The molecular weight excluding hydrogens is 360 g/mol. The first-order chi connectivity index (χ1) is 12.6. The number of ether oxygens (including phenoxy) is 1. The summed E-state index contributed by atoms with van der Waals surface area (Å²) in [5.74, 6) is 1.99. The number of anilines is 2. The molecule has 2 N–H and O–H groups in total. The minimum atomic E-state index is -0.630. The molecule has 3 aliphatic heterocycles.